The molecule has 2 rings (SSSR count). The van der Waals surface area contributed by atoms with Gasteiger partial charge in [-0.15, -0.1) is 0 Å². The van der Waals surface area contributed by atoms with Gasteiger partial charge in [-0.3, -0.25) is 4.79 Å². The molecule has 1 saturated heterocycles. The molecular formula is C12H19N5O. The number of piperidine rings is 1. The molecule has 6 heteroatoms. The number of nitrogen functional groups attached to an aromatic ring is 2. The molecule has 1 fully saturated rings. The maximum atomic E-state index is 11.0. The van der Waals surface area contributed by atoms with Crippen LogP contribution in [0.15, 0.2) is 12.1 Å². The normalized spacial score (nSPS) is 16.6. The number of amides is 1. The quantitative estimate of drug-likeness (QED) is 0.702. The standard InChI is InChI=1S/C12H19N5O/c1-8(18)15-9-4-6-17(7-5-9)11-3-2-10(13)12(14)16-11/h2-3,9H,4-7,13H2,1H3,(H2,14,16)(H,15,18). The maximum absolute atomic E-state index is 11.0. The molecule has 5 N–H and O–H groups in total. The van der Waals surface area contributed by atoms with Crippen LogP contribution in [-0.4, -0.2) is 30.0 Å². The molecule has 18 heavy (non-hydrogen) atoms. The van der Waals surface area contributed by atoms with Crippen LogP contribution >= 0.6 is 0 Å². The van der Waals surface area contributed by atoms with Gasteiger partial charge in [-0.1, -0.05) is 0 Å². The van der Waals surface area contributed by atoms with E-state index in [0.717, 1.165) is 31.7 Å². The Balaban J connectivity index is 1.96. The van der Waals surface area contributed by atoms with Gasteiger partial charge >= 0.3 is 0 Å². The van der Waals surface area contributed by atoms with E-state index < -0.39 is 0 Å². The Kier molecular flexibility index (Phi) is 3.55. The van der Waals surface area contributed by atoms with Gasteiger partial charge in [0.1, 0.15) is 11.6 Å². The van der Waals surface area contributed by atoms with Crippen molar-refractivity contribution in [1.82, 2.24) is 10.3 Å². The zero-order valence-electron chi connectivity index (χ0n) is 10.5. The first kappa shape index (κ1) is 12.5. The van der Waals surface area contributed by atoms with Crippen LogP contribution in [0.4, 0.5) is 17.3 Å². The molecule has 2 heterocycles. The Labute approximate surface area is 106 Å². The number of nitrogens with one attached hydrogen (secondary N) is 1. The van der Waals surface area contributed by atoms with Crippen molar-refractivity contribution < 1.29 is 4.79 Å². The average molecular weight is 249 g/mol. The summed E-state index contributed by atoms with van der Waals surface area (Å²) < 4.78 is 0. The number of pyridine rings is 1. The highest BCUT2D eigenvalue weighted by atomic mass is 16.1. The van der Waals surface area contributed by atoms with E-state index in [9.17, 15) is 4.79 Å². The minimum atomic E-state index is 0.0308. The zero-order valence-corrected chi connectivity index (χ0v) is 10.5. The Morgan fingerprint density at radius 1 is 1.39 bits per heavy atom. The van der Waals surface area contributed by atoms with E-state index in [4.69, 9.17) is 11.5 Å². The lowest BCUT2D eigenvalue weighted by Gasteiger charge is -2.33. The molecule has 0 spiro atoms. The highest BCUT2D eigenvalue weighted by Crippen LogP contribution is 2.21. The Morgan fingerprint density at radius 3 is 2.61 bits per heavy atom. The van der Waals surface area contributed by atoms with Crippen LogP contribution in [0.1, 0.15) is 19.8 Å². The number of nitrogens with two attached hydrogens (primary N) is 2. The molecule has 98 valence electrons. The smallest absolute Gasteiger partial charge is 0.217 e. The largest absolute Gasteiger partial charge is 0.396 e. The number of rotatable bonds is 2. The highest BCUT2D eigenvalue weighted by molar-refractivity contribution is 5.73. The molecule has 1 aliphatic rings. The number of carbonyl (C=O) groups excluding carboxylic acids is 1. The van der Waals surface area contributed by atoms with Crippen LogP contribution in [0.5, 0.6) is 0 Å². The lowest BCUT2D eigenvalue weighted by Crippen LogP contribution is -2.44. The van der Waals surface area contributed by atoms with Crippen molar-refractivity contribution in [2.24, 2.45) is 0 Å². The fraction of sp³-hybridized carbons (Fsp3) is 0.500. The fourth-order valence-corrected chi connectivity index (χ4v) is 2.19. The van der Waals surface area contributed by atoms with Gasteiger partial charge in [0, 0.05) is 26.1 Å². The molecule has 0 atom stereocenters. The predicted molar refractivity (Wildman–Crippen MR) is 72.1 cm³/mol. The van der Waals surface area contributed by atoms with Crippen molar-refractivity contribution in [2.45, 2.75) is 25.8 Å². The van der Waals surface area contributed by atoms with Gasteiger partial charge in [-0.2, -0.15) is 0 Å². The Bertz CT molecular complexity index is 440. The highest BCUT2D eigenvalue weighted by Gasteiger charge is 2.20. The number of anilines is 3. The molecule has 1 aliphatic heterocycles. The summed E-state index contributed by atoms with van der Waals surface area (Å²) in [6, 6.07) is 3.92. The molecule has 6 nitrogen and oxygen atoms in total. The lowest BCUT2D eigenvalue weighted by molar-refractivity contribution is -0.119. The lowest BCUT2D eigenvalue weighted by atomic mass is 10.1. The molecule has 1 aromatic heterocycles. The second-order valence-corrected chi connectivity index (χ2v) is 4.61. The predicted octanol–water partition coefficient (Wildman–Crippen LogP) is 0.351. The van der Waals surface area contributed by atoms with Crippen LogP contribution in [0.3, 0.4) is 0 Å². The van der Waals surface area contributed by atoms with Crippen molar-refractivity contribution in [3.63, 3.8) is 0 Å². The fourth-order valence-electron chi connectivity index (χ4n) is 2.19. The van der Waals surface area contributed by atoms with Gasteiger partial charge in [-0.05, 0) is 25.0 Å². The summed E-state index contributed by atoms with van der Waals surface area (Å²) in [5, 5.41) is 2.94. The van der Waals surface area contributed by atoms with Crippen LogP contribution in [-0.2, 0) is 4.79 Å². The number of aromatic nitrogens is 1. The van der Waals surface area contributed by atoms with E-state index in [-0.39, 0.29) is 11.9 Å². The van der Waals surface area contributed by atoms with Gasteiger partial charge in [-0.25, -0.2) is 4.98 Å². The van der Waals surface area contributed by atoms with Gasteiger partial charge in [0.2, 0.25) is 5.91 Å². The minimum absolute atomic E-state index is 0.0308. The molecule has 0 aromatic carbocycles. The molecule has 1 amide bonds. The van der Waals surface area contributed by atoms with E-state index in [1.807, 2.05) is 6.07 Å². The summed E-state index contributed by atoms with van der Waals surface area (Å²) in [6.45, 7) is 3.28. The molecule has 1 aromatic rings. The molecule has 0 saturated carbocycles. The topological polar surface area (TPSA) is 97.3 Å². The second kappa shape index (κ2) is 5.12. The number of hydrogen-bond donors (Lipinski definition) is 3. The Hall–Kier alpha value is -1.98. The van der Waals surface area contributed by atoms with Crippen molar-refractivity contribution in [3.05, 3.63) is 12.1 Å². The van der Waals surface area contributed by atoms with Crippen LogP contribution in [0, 0.1) is 0 Å². The average Bonchev–Trinajstić information content (AvgIpc) is 2.33. The maximum Gasteiger partial charge on any atom is 0.217 e. The van der Waals surface area contributed by atoms with Gasteiger partial charge < -0.3 is 21.7 Å². The molecule has 0 aliphatic carbocycles. The minimum Gasteiger partial charge on any atom is -0.396 e. The van der Waals surface area contributed by atoms with Crippen LogP contribution < -0.4 is 21.7 Å². The van der Waals surface area contributed by atoms with E-state index in [1.54, 1.807) is 13.0 Å². The Morgan fingerprint density at radius 2 is 2.06 bits per heavy atom. The van der Waals surface area contributed by atoms with Crippen molar-refractivity contribution in [1.29, 1.82) is 0 Å². The first-order valence-electron chi connectivity index (χ1n) is 6.10. The van der Waals surface area contributed by atoms with E-state index in [2.05, 4.69) is 15.2 Å². The van der Waals surface area contributed by atoms with Gasteiger partial charge in [0.15, 0.2) is 0 Å². The third-order valence-corrected chi connectivity index (χ3v) is 3.17. The van der Waals surface area contributed by atoms with E-state index >= 15 is 0 Å². The number of nitrogens with zero attached hydrogens (tertiary/aromatic N) is 2. The zero-order chi connectivity index (χ0) is 13.1. The van der Waals surface area contributed by atoms with Crippen molar-refractivity contribution >= 4 is 23.2 Å². The summed E-state index contributed by atoms with van der Waals surface area (Å²) in [7, 11) is 0. The monoisotopic (exact) mass is 249 g/mol. The number of hydrogen-bond acceptors (Lipinski definition) is 5. The van der Waals surface area contributed by atoms with E-state index in [1.165, 1.54) is 0 Å². The van der Waals surface area contributed by atoms with Crippen LogP contribution in [0.2, 0.25) is 0 Å². The second-order valence-electron chi connectivity index (χ2n) is 4.61. The van der Waals surface area contributed by atoms with Gasteiger partial charge in [0.25, 0.3) is 0 Å². The number of carbonyl (C=O) groups is 1. The first-order valence-corrected chi connectivity index (χ1v) is 6.10. The van der Waals surface area contributed by atoms with E-state index in [0.29, 0.717) is 11.5 Å². The summed E-state index contributed by atoms with van der Waals surface area (Å²) in [5.74, 6) is 1.25. The van der Waals surface area contributed by atoms with Crippen molar-refractivity contribution in [3.8, 4) is 0 Å². The first-order chi connectivity index (χ1) is 8.56. The summed E-state index contributed by atoms with van der Waals surface area (Å²) in [6.07, 6.45) is 1.84. The van der Waals surface area contributed by atoms with Gasteiger partial charge in [0.05, 0.1) is 5.69 Å². The third kappa shape index (κ3) is 2.82. The molecule has 0 radical (unpaired) electrons. The molecular weight excluding hydrogens is 230 g/mol. The molecule has 0 bridgehead atoms. The SMILES string of the molecule is CC(=O)NC1CCN(c2ccc(N)c(N)n2)CC1. The van der Waals surface area contributed by atoms with Crippen LogP contribution in [0.25, 0.3) is 0 Å². The summed E-state index contributed by atoms with van der Waals surface area (Å²) in [5.41, 5.74) is 11.8. The summed E-state index contributed by atoms with van der Waals surface area (Å²) in [4.78, 5) is 17.4. The molecule has 0 unspecified atom stereocenters. The van der Waals surface area contributed by atoms with Crippen molar-refractivity contribution in [2.75, 3.05) is 29.5 Å². The third-order valence-electron chi connectivity index (χ3n) is 3.17. The summed E-state index contributed by atoms with van der Waals surface area (Å²) >= 11 is 0.